The number of nitrogens with zero attached hydrogens (tertiary/aromatic N) is 1. The number of nitrogens with one attached hydrogen (secondary N) is 1. The second kappa shape index (κ2) is 3.56. The molecule has 2 heterocycles. The smallest absolute Gasteiger partial charge is 0.246 e. The minimum atomic E-state index is -0.379. The summed E-state index contributed by atoms with van der Waals surface area (Å²) in [5.74, 6) is -0.241. The van der Waals surface area contributed by atoms with Gasteiger partial charge in [-0.25, -0.2) is 0 Å². The molecular weight excluding hydrogens is 200 g/mol. The van der Waals surface area contributed by atoms with E-state index in [1.807, 2.05) is 0 Å². The highest BCUT2D eigenvalue weighted by Crippen LogP contribution is 2.17. The van der Waals surface area contributed by atoms with Gasteiger partial charge in [0.15, 0.2) is 17.9 Å². The molecule has 0 unspecified atom stereocenters. The van der Waals surface area contributed by atoms with E-state index in [9.17, 15) is 14.4 Å². The van der Waals surface area contributed by atoms with E-state index in [1.165, 1.54) is 11.0 Å². The Balaban J connectivity index is 2.19. The molecule has 1 aliphatic rings. The molecule has 78 valence electrons. The molecule has 2 amide bonds. The maximum absolute atomic E-state index is 11.0. The van der Waals surface area contributed by atoms with E-state index >= 15 is 0 Å². The topological polar surface area (TPSA) is 79.6 Å². The second-order valence-corrected chi connectivity index (χ2v) is 3.12. The van der Waals surface area contributed by atoms with Crippen LogP contribution in [0.2, 0.25) is 0 Å². The van der Waals surface area contributed by atoms with Gasteiger partial charge in [0.25, 0.3) is 0 Å². The van der Waals surface area contributed by atoms with Crippen LogP contribution in [-0.4, -0.2) is 31.2 Å². The molecule has 1 aromatic rings. The monoisotopic (exact) mass is 208 g/mol. The largest absolute Gasteiger partial charge is 0.438 e. The Morgan fingerprint density at radius 3 is 2.47 bits per heavy atom. The predicted octanol–water partition coefficient (Wildman–Crippen LogP) is -0.445. The first-order valence-electron chi connectivity index (χ1n) is 4.31. The van der Waals surface area contributed by atoms with Gasteiger partial charge in [0.2, 0.25) is 11.8 Å². The summed E-state index contributed by atoms with van der Waals surface area (Å²) in [5.41, 5.74) is 0. The van der Waals surface area contributed by atoms with Crippen LogP contribution in [0.25, 0.3) is 0 Å². The predicted molar refractivity (Wildman–Crippen MR) is 49.5 cm³/mol. The third-order valence-electron chi connectivity index (χ3n) is 1.99. The first kappa shape index (κ1) is 9.45. The number of aldehydes is 1. The van der Waals surface area contributed by atoms with Crippen molar-refractivity contribution >= 4 is 24.0 Å². The maximum Gasteiger partial charge on any atom is 0.246 e. The van der Waals surface area contributed by atoms with Crippen molar-refractivity contribution in [2.24, 2.45) is 0 Å². The van der Waals surface area contributed by atoms with Gasteiger partial charge in [-0.15, -0.1) is 0 Å². The number of amides is 2. The van der Waals surface area contributed by atoms with Crippen LogP contribution < -0.4 is 10.2 Å². The molecule has 15 heavy (non-hydrogen) atoms. The van der Waals surface area contributed by atoms with Crippen LogP contribution in [0, 0.1) is 0 Å². The number of carbonyl (C=O) groups is 3. The van der Waals surface area contributed by atoms with Crippen molar-refractivity contribution < 1.29 is 18.8 Å². The van der Waals surface area contributed by atoms with Gasteiger partial charge in [-0.2, -0.15) is 0 Å². The van der Waals surface area contributed by atoms with Gasteiger partial charge in [-0.05, 0) is 6.07 Å². The number of hydrogen-bond acceptors (Lipinski definition) is 5. The van der Waals surface area contributed by atoms with Crippen LogP contribution in [0.1, 0.15) is 10.6 Å². The fourth-order valence-electron chi connectivity index (χ4n) is 1.37. The average Bonchev–Trinajstić information content (AvgIpc) is 2.64. The molecule has 1 saturated heterocycles. The van der Waals surface area contributed by atoms with Crippen LogP contribution in [0.3, 0.4) is 0 Å². The summed E-state index contributed by atoms with van der Waals surface area (Å²) in [5, 5.41) is 2.17. The Morgan fingerprint density at radius 2 is 1.93 bits per heavy atom. The summed E-state index contributed by atoms with van der Waals surface area (Å²) in [7, 11) is 0. The number of furan rings is 1. The molecule has 1 fully saturated rings. The fourth-order valence-corrected chi connectivity index (χ4v) is 1.37. The number of piperazine rings is 1. The number of carbonyl (C=O) groups excluding carboxylic acids is 3. The van der Waals surface area contributed by atoms with Crippen LogP contribution in [-0.2, 0) is 9.59 Å². The van der Waals surface area contributed by atoms with Gasteiger partial charge in [-0.3, -0.25) is 19.7 Å². The Kier molecular flexibility index (Phi) is 2.24. The average molecular weight is 208 g/mol. The zero-order valence-electron chi connectivity index (χ0n) is 7.73. The van der Waals surface area contributed by atoms with Gasteiger partial charge < -0.3 is 9.32 Å². The SMILES string of the molecule is O=Cc1ccc(N2CC(=O)NC(=O)C2)o1. The van der Waals surface area contributed by atoms with Gasteiger partial charge >= 0.3 is 0 Å². The molecule has 0 spiro atoms. The van der Waals surface area contributed by atoms with E-state index in [0.717, 1.165) is 0 Å². The lowest BCUT2D eigenvalue weighted by Gasteiger charge is -2.24. The van der Waals surface area contributed by atoms with E-state index in [1.54, 1.807) is 6.07 Å². The van der Waals surface area contributed by atoms with Crippen molar-refractivity contribution in [3.8, 4) is 0 Å². The first-order chi connectivity index (χ1) is 7.19. The molecule has 1 N–H and O–H groups in total. The molecule has 0 saturated carbocycles. The molecule has 1 aromatic heterocycles. The van der Waals surface area contributed by atoms with E-state index in [-0.39, 0.29) is 30.7 Å². The van der Waals surface area contributed by atoms with Gasteiger partial charge in [-0.1, -0.05) is 0 Å². The zero-order chi connectivity index (χ0) is 10.8. The quantitative estimate of drug-likeness (QED) is 0.526. The number of hydrogen-bond donors (Lipinski definition) is 1. The molecule has 6 heteroatoms. The summed E-state index contributed by atoms with van der Waals surface area (Å²) in [4.78, 5) is 33.9. The van der Waals surface area contributed by atoms with Crippen LogP contribution in [0.15, 0.2) is 16.5 Å². The molecule has 0 bridgehead atoms. The number of rotatable bonds is 2. The lowest BCUT2D eigenvalue weighted by Crippen LogP contribution is -2.51. The Morgan fingerprint density at radius 1 is 1.27 bits per heavy atom. The minimum absolute atomic E-state index is 0.0531. The second-order valence-electron chi connectivity index (χ2n) is 3.12. The van der Waals surface area contributed by atoms with E-state index in [0.29, 0.717) is 12.2 Å². The summed E-state index contributed by atoms with van der Waals surface area (Å²) in [6.45, 7) is 0.106. The summed E-state index contributed by atoms with van der Waals surface area (Å²) < 4.78 is 5.09. The van der Waals surface area contributed by atoms with Crippen LogP contribution in [0.4, 0.5) is 5.88 Å². The lowest BCUT2D eigenvalue weighted by atomic mass is 10.3. The van der Waals surface area contributed by atoms with Crippen molar-refractivity contribution in [1.29, 1.82) is 0 Å². The maximum atomic E-state index is 11.0. The van der Waals surface area contributed by atoms with Crippen molar-refractivity contribution in [3.05, 3.63) is 17.9 Å². The van der Waals surface area contributed by atoms with Gasteiger partial charge in [0.05, 0.1) is 0 Å². The molecule has 0 aliphatic carbocycles. The Hall–Kier alpha value is -2.11. The molecule has 6 nitrogen and oxygen atoms in total. The summed E-state index contributed by atoms with van der Waals surface area (Å²) in [6.07, 6.45) is 0.565. The highest BCUT2D eigenvalue weighted by atomic mass is 16.4. The first-order valence-corrected chi connectivity index (χ1v) is 4.31. The summed E-state index contributed by atoms with van der Waals surface area (Å²) >= 11 is 0. The lowest BCUT2D eigenvalue weighted by molar-refractivity contribution is -0.130. The van der Waals surface area contributed by atoms with E-state index in [4.69, 9.17) is 4.42 Å². The van der Waals surface area contributed by atoms with Crippen molar-refractivity contribution in [2.75, 3.05) is 18.0 Å². The van der Waals surface area contributed by atoms with Gasteiger partial charge in [0.1, 0.15) is 13.1 Å². The molecular formula is C9H8N2O4. The van der Waals surface area contributed by atoms with E-state index in [2.05, 4.69) is 5.32 Å². The minimum Gasteiger partial charge on any atom is -0.438 e. The highest BCUT2D eigenvalue weighted by molar-refractivity contribution is 6.02. The molecule has 1 aliphatic heterocycles. The fraction of sp³-hybridized carbons (Fsp3) is 0.222. The highest BCUT2D eigenvalue weighted by Gasteiger charge is 2.24. The molecule has 0 atom stereocenters. The normalized spacial score (nSPS) is 16.4. The third-order valence-corrected chi connectivity index (χ3v) is 1.99. The van der Waals surface area contributed by atoms with Crippen molar-refractivity contribution in [1.82, 2.24) is 5.32 Å². The number of anilines is 1. The Labute approximate surface area is 84.8 Å². The van der Waals surface area contributed by atoms with E-state index < -0.39 is 0 Å². The molecule has 0 radical (unpaired) electrons. The third kappa shape index (κ3) is 1.88. The standard InChI is InChI=1S/C9H8N2O4/c12-5-6-1-2-9(15-6)11-3-7(13)10-8(14)4-11/h1-2,5H,3-4H2,(H,10,13,14). The zero-order valence-corrected chi connectivity index (χ0v) is 7.73. The molecule has 0 aromatic carbocycles. The van der Waals surface area contributed by atoms with Crippen molar-refractivity contribution in [3.63, 3.8) is 0 Å². The summed E-state index contributed by atoms with van der Waals surface area (Å²) in [6, 6.07) is 3.04. The molecule has 2 rings (SSSR count). The van der Waals surface area contributed by atoms with Gasteiger partial charge in [0, 0.05) is 6.07 Å². The van der Waals surface area contributed by atoms with Crippen LogP contribution in [0.5, 0.6) is 0 Å². The number of imide groups is 1. The van der Waals surface area contributed by atoms with Crippen molar-refractivity contribution in [2.45, 2.75) is 0 Å². The van der Waals surface area contributed by atoms with Crippen LogP contribution >= 0.6 is 0 Å². The Bertz CT molecular complexity index is 408.